The molecule has 0 aliphatic carbocycles. The van der Waals surface area contributed by atoms with E-state index < -0.39 is 0 Å². The van der Waals surface area contributed by atoms with Crippen molar-refractivity contribution < 1.29 is 4.92 Å². The minimum Gasteiger partial charge on any atom is -0.294 e. The van der Waals surface area contributed by atoms with Gasteiger partial charge in [-0.1, -0.05) is 30.3 Å². The number of piperidine rings is 1. The molecule has 3 rings (SSSR count). The summed E-state index contributed by atoms with van der Waals surface area (Å²) in [5, 5.41) is 15.0. The van der Waals surface area contributed by atoms with Crippen molar-refractivity contribution in [1.29, 1.82) is 0 Å². The van der Waals surface area contributed by atoms with Crippen molar-refractivity contribution in [2.24, 2.45) is 0 Å². The number of benzene rings is 1. The minimum atomic E-state index is -0.388. The molecule has 1 unspecified atom stereocenters. The Morgan fingerprint density at radius 2 is 1.87 bits per heavy atom. The van der Waals surface area contributed by atoms with Crippen LogP contribution in [0.1, 0.15) is 38.3 Å². The third-order valence-corrected chi connectivity index (χ3v) is 4.74. The van der Waals surface area contributed by atoms with Crippen LogP contribution in [-0.2, 0) is 6.54 Å². The summed E-state index contributed by atoms with van der Waals surface area (Å²) in [4.78, 5) is 12.9. The van der Waals surface area contributed by atoms with E-state index in [0.717, 1.165) is 19.4 Å². The minimum absolute atomic E-state index is 0.0667. The van der Waals surface area contributed by atoms with Gasteiger partial charge in [0.05, 0.1) is 11.0 Å². The number of aromatic nitrogens is 2. The molecule has 2 heterocycles. The summed E-state index contributed by atoms with van der Waals surface area (Å²) in [5.41, 5.74) is 1.39. The van der Waals surface area contributed by atoms with Crippen molar-refractivity contribution in [1.82, 2.24) is 14.7 Å². The zero-order chi connectivity index (χ0) is 16.4. The Balaban J connectivity index is 1.70. The number of likely N-dealkylation sites (tertiary alicyclic amines) is 1. The summed E-state index contributed by atoms with van der Waals surface area (Å²) in [6.07, 6.45) is 4.80. The van der Waals surface area contributed by atoms with Crippen LogP contribution in [-0.4, -0.2) is 31.7 Å². The zero-order valence-electron chi connectivity index (χ0n) is 13.5. The van der Waals surface area contributed by atoms with Crippen molar-refractivity contribution in [2.45, 2.75) is 51.4 Å². The van der Waals surface area contributed by atoms with Gasteiger partial charge in [-0.3, -0.25) is 19.7 Å². The van der Waals surface area contributed by atoms with E-state index in [-0.39, 0.29) is 16.7 Å². The van der Waals surface area contributed by atoms with E-state index in [0.29, 0.717) is 12.1 Å². The van der Waals surface area contributed by atoms with Crippen LogP contribution in [0.15, 0.2) is 42.7 Å². The Morgan fingerprint density at radius 3 is 2.43 bits per heavy atom. The van der Waals surface area contributed by atoms with E-state index in [1.54, 1.807) is 10.9 Å². The fraction of sp³-hybridized carbons (Fsp3) is 0.471. The fourth-order valence-electron chi connectivity index (χ4n) is 3.53. The smallest absolute Gasteiger partial charge is 0.294 e. The molecule has 0 saturated carbocycles. The molecule has 1 fully saturated rings. The summed E-state index contributed by atoms with van der Waals surface area (Å²) in [6.45, 7) is 5.39. The maximum absolute atomic E-state index is 10.8. The standard InChI is InChI=1S/C17H22N4O2/c1-13-8-16(20-12-17(10-18-20)21(22)23)9-14(2)19(13)11-15-6-4-3-5-7-15/h3-7,10,12-14,16H,8-9,11H2,1-2H3/t13-,14+,16?. The van der Waals surface area contributed by atoms with Crippen molar-refractivity contribution in [2.75, 3.05) is 0 Å². The predicted molar refractivity (Wildman–Crippen MR) is 88.1 cm³/mol. The zero-order valence-corrected chi connectivity index (χ0v) is 13.5. The summed E-state index contributed by atoms with van der Waals surface area (Å²) < 4.78 is 1.77. The summed E-state index contributed by atoms with van der Waals surface area (Å²) in [6, 6.07) is 11.5. The first-order valence-electron chi connectivity index (χ1n) is 8.03. The van der Waals surface area contributed by atoms with Gasteiger partial charge in [-0.15, -0.1) is 0 Å². The number of hydrogen-bond acceptors (Lipinski definition) is 4. The summed E-state index contributed by atoms with van der Waals surface area (Å²) >= 11 is 0. The molecule has 1 aliphatic rings. The lowest BCUT2D eigenvalue weighted by molar-refractivity contribution is -0.385. The van der Waals surface area contributed by atoms with Gasteiger partial charge < -0.3 is 0 Å². The molecule has 2 aromatic rings. The molecule has 1 aromatic heterocycles. The molecule has 0 amide bonds. The van der Waals surface area contributed by atoms with Crippen LogP contribution in [0.2, 0.25) is 0 Å². The molecule has 23 heavy (non-hydrogen) atoms. The molecule has 0 N–H and O–H groups in total. The quantitative estimate of drug-likeness (QED) is 0.641. The molecule has 1 aliphatic heterocycles. The molecule has 3 atom stereocenters. The highest BCUT2D eigenvalue weighted by molar-refractivity contribution is 5.21. The Labute approximate surface area is 135 Å². The van der Waals surface area contributed by atoms with Gasteiger partial charge in [-0.25, -0.2) is 0 Å². The molecule has 122 valence electrons. The van der Waals surface area contributed by atoms with Gasteiger partial charge in [0.25, 0.3) is 0 Å². The van der Waals surface area contributed by atoms with Crippen molar-refractivity contribution in [3.63, 3.8) is 0 Å². The van der Waals surface area contributed by atoms with Crippen molar-refractivity contribution >= 4 is 5.69 Å². The van der Waals surface area contributed by atoms with Crippen LogP contribution in [0.5, 0.6) is 0 Å². The average molecular weight is 314 g/mol. The highest BCUT2D eigenvalue weighted by Crippen LogP contribution is 2.32. The second-order valence-electron chi connectivity index (χ2n) is 6.42. The monoisotopic (exact) mass is 314 g/mol. The van der Waals surface area contributed by atoms with E-state index in [1.165, 1.54) is 11.8 Å². The van der Waals surface area contributed by atoms with Gasteiger partial charge in [-0.05, 0) is 32.3 Å². The van der Waals surface area contributed by atoms with E-state index in [9.17, 15) is 10.1 Å². The van der Waals surface area contributed by atoms with E-state index in [2.05, 4.69) is 48.1 Å². The van der Waals surface area contributed by atoms with E-state index >= 15 is 0 Å². The van der Waals surface area contributed by atoms with Crippen molar-refractivity contribution in [3.8, 4) is 0 Å². The van der Waals surface area contributed by atoms with Crippen LogP contribution in [0.3, 0.4) is 0 Å². The van der Waals surface area contributed by atoms with Crippen LogP contribution >= 0.6 is 0 Å². The number of nitrogens with zero attached hydrogens (tertiary/aromatic N) is 4. The largest absolute Gasteiger partial charge is 0.307 e. The molecular formula is C17H22N4O2. The summed E-state index contributed by atoms with van der Waals surface area (Å²) in [5.74, 6) is 0. The first-order chi connectivity index (χ1) is 11.0. The van der Waals surface area contributed by atoms with Gasteiger partial charge in [0.2, 0.25) is 0 Å². The lowest BCUT2D eigenvalue weighted by atomic mass is 9.92. The molecular weight excluding hydrogens is 292 g/mol. The Morgan fingerprint density at radius 1 is 1.22 bits per heavy atom. The highest BCUT2D eigenvalue weighted by atomic mass is 16.6. The van der Waals surface area contributed by atoms with Gasteiger partial charge >= 0.3 is 5.69 Å². The van der Waals surface area contributed by atoms with Crippen molar-refractivity contribution in [3.05, 3.63) is 58.4 Å². The molecule has 1 aromatic carbocycles. The average Bonchev–Trinajstić information content (AvgIpc) is 3.02. The SMILES string of the molecule is C[C@@H]1CC(n2cc([N+](=O)[O-])cn2)C[C@H](C)N1Cc1ccccc1. The maximum atomic E-state index is 10.8. The second kappa shape index (κ2) is 6.50. The van der Waals surface area contributed by atoms with E-state index in [4.69, 9.17) is 0 Å². The van der Waals surface area contributed by atoms with E-state index in [1.807, 2.05) is 6.07 Å². The van der Waals surface area contributed by atoms with Gasteiger partial charge in [-0.2, -0.15) is 5.10 Å². The van der Waals surface area contributed by atoms with Gasteiger partial charge in [0.15, 0.2) is 0 Å². The molecule has 1 saturated heterocycles. The summed E-state index contributed by atoms with van der Waals surface area (Å²) in [7, 11) is 0. The number of nitro groups is 1. The van der Waals surface area contributed by atoms with Gasteiger partial charge in [0.1, 0.15) is 12.4 Å². The topological polar surface area (TPSA) is 64.2 Å². The Hall–Kier alpha value is -2.21. The molecule has 0 spiro atoms. The lowest BCUT2D eigenvalue weighted by Gasteiger charge is -2.42. The third-order valence-electron chi connectivity index (χ3n) is 4.74. The Kier molecular flexibility index (Phi) is 4.43. The Bertz CT molecular complexity index is 658. The van der Waals surface area contributed by atoms with Crippen LogP contribution in [0, 0.1) is 10.1 Å². The lowest BCUT2D eigenvalue weighted by Crippen LogP contribution is -2.46. The third kappa shape index (κ3) is 3.42. The molecule has 0 bridgehead atoms. The maximum Gasteiger partial charge on any atom is 0.307 e. The second-order valence-corrected chi connectivity index (χ2v) is 6.42. The first-order valence-corrected chi connectivity index (χ1v) is 8.03. The highest BCUT2D eigenvalue weighted by Gasteiger charge is 2.32. The predicted octanol–water partition coefficient (Wildman–Crippen LogP) is 3.41. The molecule has 6 heteroatoms. The number of rotatable bonds is 4. The van der Waals surface area contributed by atoms with Crippen LogP contribution < -0.4 is 0 Å². The van der Waals surface area contributed by atoms with Crippen LogP contribution in [0.4, 0.5) is 5.69 Å². The molecule has 6 nitrogen and oxygen atoms in total. The fourth-order valence-corrected chi connectivity index (χ4v) is 3.53. The molecule has 0 radical (unpaired) electrons. The first kappa shape index (κ1) is 15.7. The van der Waals surface area contributed by atoms with Crippen LogP contribution in [0.25, 0.3) is 0 Å². The van der Waals surface area contributed by atoms with Gasteiger partial charge in [0, 0.05) is 18.6 Å². The normalized spacial score (nSPS) is 25.4. The number of hydrogen-bond donors (Lipinski definition) is 0.